The molecule has 0 heterocycles. The third-order valence-electron chi connectivity index (χ3n) is 8.77. The highest BCUT2D eigenvalue weighted by Crippen LogP contribution is 2.27. The molecule has 10 nitrogen and oxygen atoms in total. The molecule has 0 saturated carbocycles. The molecule has 1 rings (SSSR count). The summed E-state index contributed by atoms with van der Waals surface area (Å²) in [5.74, 6) is 1.41. The van der Waals surface area contributed by atoms with Gasteiger partial charge in [0.2, 0.25) is 11.8 Å². The van der Waals surface area contributed by atoms with Crippen LogP contribution in [-0.2, 0) is 9.59 Å². The zero-order valence-corrected chi connectivity index (χ0v) is 30.7. The molecule has 10 heteroatoms. The summed E-state index contributed by atoms with van der Waals surface area (Å²) in [5, 5.41) is 0. The zero-order valence-electron chi connectivity index (χ0n) is 30.7. The molecule has 2 atom stereocenters. The highest BCUT2D eigenvalue weighted by molar-refractivity contribution is 5.82. The first-order valence-electron chi connectivity index (χ1n) is 19.2. The van der Waals surface area contributed by atoms with Crippen LogP contribution in [0.15, 0.2) is 24.3 Å². The number of benzene rings is 1. The van der Waals surface area contributed by atoms with Gasteiger partial charge in [0.25, 0.3) is 0 Å². The van der Waals surface area contributed by atoms with E-state index in [1.54, 1.807) is 0 Å². The fourth-order valence-electron chi connectivity index (χ4n) is 5.77. The van der Waals surface area contributed by atoms with Gasteiger partial charge in [0.05, 0.1) is 25.3 Å². The van der Waals surface area contributed by atoms with E-state index in [4.69, 9.17) is 32.4 Å². The summed E-state index contributed by atoms with van der Waals surface area (Å²) in [4.78, 5) is 30.2. The van der Waals surface area contributed by atoms with Gasteiger partial charge in [-0.2, -0.15) is 0 Å². The van der Waals surface area contributed by atoms with Gasteiger partial charge in [-0.15, -0.1) is 0 Å². The number of amides is 2. The van der Waals surface area contributed by atoms with Gasteiger partial charge in [-0.1, -0.05) is 90.2 Å². The van der Waals surface area contributed by atoms with E-state index in [2.05, 4.69) is 13.8 Å². The topological polar surface area (TPSA) is 163 Å². The van der Waals surface area contributed by atoms with Crippen LogP contribution in [0.1, 0.15) is 129 Å². The van der Waals surface area contributed by atoms with Crippen LogP contribution in [0.3, 0.4) is 0 Å². The standard InChI is InChI=1S/C38H72N6O4/c1-3-5-7-9-17-27-43(37(45)33(41)21-13-15-25-39)29-19-31-47-35-23-11-12-24-36(35)48-32-20-30-44(28-18-10-8-6-4-2)38(46)34(42)22-14-16-26-40/h11-12,23-24,33-34H,3-10,13-22,25-32,39-42H2,1-2H3/t33-,34-/m0/s1. The first kappa shape index (κ1) is 43.6. The number of ether oxygens (including phenoxy) is 2. The molecule has 48 heavy (non-hydrogen) atoms. The molecule has 1 aromatic carbocycles. The lowest BCUT2D eigenvalue weighted by atomic mass is 10.1. The molecule has 278 valence electrons. The van der Waals surface area contributed by atoms with Gasteiger partial charge in [0, 0.05) is 26.2 Å². The van der Waals surface area contributed by atoms with Crippen molar-refractivity contribution in [3.05, 3.63) is 24.3 Å². The van der Waals surface area contributed by atoms with Crippen LogP contribution in [0.4, 0.5) is 0 Å². The second-order valence-electron chi connectivity index (χ2n) is 13.1. The SMILES string of the molecule is CCCCCCCN(CCCOc1ccccc1OCCCN(CCCCCCC)C(=O)[C@@H](N)CCCCN)C(=O)[C@@H](N)CCCCN. The predicted octanol–water partition coefficient (Wildman–Crippen LogP) is 5.74. The average molecular weight is 677 g/mol. The Bertz CT molecular complexity index is 863. The summed E-state index contributed by atoms with van der Waals surface area (Å²) in [5.41, 5.74) is 23.8. The number of hydrogen-bond acceptors (Lipinski definition) is 8. The van der Waals surface area contributed by atoms with E-state index in [9.17, 15) is 9.59 Å². The lowest BCUT2D eigenvalue weighted by Gasteiger charge is -2.26. The number of unbranched alkanes of at least 4 members (excludes halogenated alkanes) is 10. The zero-order chi connectivity index (χ0) is 35.2. The number of para-hydroxylation sites is 2. The molecule has 0 fully saturated rings. The van der Waals surface area contributed by atoms with Crippen LogP contribution < -0.4 is 32.4 Å². The van der Waals surface area contributed by atoms with Crippen molar-refractivity contribution < 1.29 is 19.1 Å². The third-order valence-corrected chi connectivity index (χ3v) is 8.77. The molecule has 0 aliphatic rings. The molecule has 8 N–H and O–H groups in total. The number of carbonyl (C=O) groups excluding carboxylic acids is 2. The van der Waals surface area contributed by atoms with E-state index >= 15 is 0 Å². The summed E-state index contributed by atoms with van der Waals surface area (Å²) in [6.45, 7) is 9.24. The monoisotopic (exact) mass is 677 g/mol. The van der Waals surface area contributed by atoms with Crippen LogP contribution in [0.5, 0.6) is 11.5 Å². The van der Waals surface area contributed by atoms with E-state index in [1.165, 1.54) is 38.5 Å². The fourth-order valence-corrected chi connectivity index (χ4v) is 5.77. The van der Waals surface area contributed by atoms with Gasteiger partial charge in [-0.05, 0) is 76.6 Å². The second-order valence-corrected chi connectivity index (χ2v) is 13.1. The maximum Gasteiger partial charge on any atom is 0.239 e. The Morgan fingerprint density at radius 2 is 0.938 bits per heavy atom. The molecule has 1 aromatic rings. The number of nitrogens with two attached hydrogens (primary N) is 4. The normalized spacial score (nSPS) is 12.5. The van der Waals surface area contributed by atoms with Crippen LogP contribution in [-0.4, -0.2) is 86.2 Å². The minimum absolute atomic E-state index is 0.0243. The Balaban J connectivity index is 2.65. The Morgan fingerprint density at radius 3 is 1.31 bits per heavy atom. The Labute approximate surface area is 293 Å². The maximum atomic E-state index is 13.2. The van der Waals surface area contributed by atoms with Gasteiger partial charge in [0.1, 0.15) is 0 Å². The van der Waals surface area contributed by atoms with Crippen LogP contribution >= 0.6 is 0 Å². The van der Waals surface area contributed by atoms with Crippen LogP contribution in [0, 0.1) is 0 Å². The highest BCUT2D eigenvalue weighted by atomic mass is 16.5. The summed E-state index contributed by atoms with van der Waals surface area (Å²) >= 11 is 0. The van der Waals surface area contributed by atoms with Crippen LogP contribution in [0.2, 0.25) is 0 Å². The fraction of sp³-hybridized carbons (Fsp3) is 0.789. The molecule has 2 amide bonds. The Morgan fingerprint density at radius 1 is 0.562 bits per heavy atom. The molecule has 0 bridgehead atoms. The molecular weight excluding hydrogens is 604 g/mol. The van der Waals surface area contributed by atoms with Gasteiger partial charge in [-0.3, -0.25) is 9.59 Å². The van der Waals surface area contributed by atoms with E-state index in [1.807, 2.05) is 34.1 Å². The first-order chi connectivity index (χ1) is 23.4. The van der Waals surface area contributed by atoms with Crippen molar-refractivity contribution in [2.45, 2.75) is 142 Å². The van der Waals surface area contributed by atoms with Crippen molar-refractivity contribution in [1.82, 2.24) is 9.80 Å². The van der Waals surface area contributed by atoms with Gasteiger partial charge < -0.3 is 42.2 Å². The molecule has 0 radical (unpaired) electrons. The molecule has 0 unspecified atom stereocenters. The lowest BCUT2D eigenvalue weighted by Crippen LogP contribution is -2.45. The van der Waals surface area contributed by atoms with Crippen molar-refractivity contribution in [2.24, 2.45) is 22.9 Å². The van der Waals surface area contributed by atoms with E-state index in [-0.39, 0.29) is 11.8 Å². The summed E-state index contributed by atoms with van der Waals surface area (Å²) in [7, 11) is 0. The quantitative estimate of drug-likeness (QED) is 0.0703. The number of rotatable bonds is 32. The molecule has 0 aliphatic carbocycles. The third kappa shape index (κ3) is 20.2. The van der Waals surface area contributed by atoms with Crippen molar-refractivity contribution >= 4 is 11.8 Å². The van der Waals surface area contributed by atoms with E-state index < -0.39 is 12.1 Å². The van der Waals surface area contributed by atoms with Crippen molar-refractivity contribution in [1.29, 1.82) is 0 Å². The van der Waals surface area contributed by atoms with Gasteiger partial charge in [-0.25, -0.2) is 0 Å². The Hall–Kier alpha value is -2.40. The largest absolute Gasteiger partial charge is 0.490 e. The highest BCUT2D eigenvalue weighted by Gasteiger charge is 2.21. The average Bonchev–Trinajstić information content (AvgIpc) is 3.09. The van der Waals surface area contributed by atoms with Crippen molar-refractivity contribution in [3.8, 4) is 11.5 Å². The van der Waals surface area contributed by atoms with Gasteiger partial charge in [0.15, 0.2) is 11.5 Å². The summed E-state index contributed by atoms with van der Waals surface area (Å²) < 4.78 is 12.3. The number of nitrogens with zero attached hydrogens (tertiary/aromatic N) is 2. The molecule has 0 saturated heterocycles. The van der Waals surface area contributed by atoms with Crippen LogP contribution in [0.25, 0.3) is 0 Å². The molecular formula is C38H72N6O4. The van der Waals surface area contributed by atoms with Crippen molar-refractivity contribution in [2.75, 3.05) is 52.5 Å². The van der Waals surface area contributed by atoms with E-state index in [0.717, 1.165) is 64.5 Å². The molecule has 0 spiro atoms. The minimum Gasteiger partial charge on any atom is -0.490 e. The van der Waals surface area contributed by atoms with Gasteiger partial charge >= 0.3 is 0 Å². The second kappa shape index (κ2) is 29.5. The molecule has 0 aromatic heterocycles. The Kier molecular flexibility index (Phi) is 26.8. The predicted molar refractivity (Wildman–Crippen MR) is 199 cm³/mol. The molecule has 0 aliphatic heterocycles. The summed E-state index contributed by atoms with van der Waals surface area (Å²) in [6, 6.07) is 6.71. The number of hydrogen-bond donors (Lipinski definition) is 4. The smallest absolute Gasteiger partial charge is 0.239 e. The van der Waals surface area contributed by atoms with E-state index in [0.29, 0.717) is 76.6 Å². The maximum absolute atomic E-state index is 13.2. The minimum atomic E-state index is -0.485. The lowest BCUT2D eigenvalue weighted by molar-refractivity contribution is -0.133. The number of carbonyl (C=O) groups is 2. The first-order valence-corrected chi connectivity index (χ1v) is 19.2. The summed E-state index contributed by atoms with van der Waals surface area (Å²) in [6.07, 6.45) is 17.6. The van der Waals surface area contributed by atoms with Crippen molar-refractivity contribution in [3.63, 3.8) is 0 Å².